The lowest BCUT2D eigenvalue weighted by molar-refractivity contribution is -0.148. The molecule has 3 N–H and O–H groups in total. The second kappa shape index (κ2) is 7.68. The maximum Gasteiger partial charge on any atom is 0.401 e. The van der Waals surface area contributed by atoms with Gasteiger partial charge >= 0.3 is 12.2 Å². The molecule has 118 valence electrons. The summed E-state index contributed by atoms with van der Waals surface area (Å²) in [6.07, 6.45) is -2.86. The normalized spacial score (nSPS) is 19.6. The van der Waals surface area contributed by atoms with Crippen LogP contribution in [0.4, 0.5) is 18.0 Å². The summed E-state index contributed by atoms with van der Waals surface area (Å²) in [5.41, 5.74) is 0. The second-order valence-corrected chi connectivity index (χ2v) is 5.27. The average molecular weight is 297 g/mol. The maximum atomic E-state index is 12.2. The minimum atomic E-state index is -4.15. The first kappa shape index (κ1) is 17.0. The predicted octanol–water partition coefficient (Wildman–Crippen LogP) is 0.941. The van der Waals surface area contributed by atoms with Crippen molar-refractivity contribution in [3.63, 3.8) is 0 Å². The second-order valence-electron chi connectivity index (χ2n) is 5.27. The highest BCUT2D eigenvalue weighted by atomic mass is 19.4. The molecule has 0 unspecified atom stereocenters. The highest BCUT2D eigenvalue weighted by Crippen LogP contribution is 2.22. The van der Waals surface area contributed by atoms with Crippen molar-refractivity contribution in [1.29, 1.82) is 0 Å². The molecule has 1 aliphatic heterocycles. The summed E-state index contributed by atoms with van der Waals surface area (Å²) in [6, 6.07) is -0.673. The summed E-state index contributed by atoms with van der Waals surface area (Å²) >= 11 is 0. The SMILES string of the molecule is C[C@@H](CO)NC(=O)NCC1CCN(CC(F)(F)F)CC1. The van der Waals surface area contributed by atoms with Gasteiger partial charge in [0.25, 0.3) is 0 Å². The van der Waals surface area contributed by atoms with Crippen molar-refractivity contribution in [3.8, 4) is 0 Å². The zero-order valence-corrected chi connectivity index (χ0v) is 11.5. The van der Waals surface area contributed by atoms with Gasteiger partial charge in [0, 0.05) is 6.54 Å². The van der Waals surface area contributed by atoms with E-state index < -0.39 is 12.7 Å². The number of urea groups is 1. The van der Waals surface area contributed by atoms with Crippen LogP contribution in [-0.4, -0.2) is 61.0 Å². The van der Waals surface area contributed by atoms with Crippen molar-refractivity contribution in [2.45, 2.75) is 32.0 Å². The number of nitrogens with one attached hydrogen (secondary N) is 2. The van der Waals surface area contributed by atoms with Crippen LogP contribution in [0.5, 0.6) is 0 Å². The van der Waals surface area contributed by atoms with Crippen molar-refractivity contribution in [2.24, 2.45) is 5.92 Å². The van der Waals surface area contributed by atoms with Crippen LogP contribution in [0.1, 0.15) is 19.8 Å². The molecule has 20 heavy (non-hydrogen) atoms. The van der Waals surface area contributed by atoms with E-state index in [0.29, 0.717) is 32.5 Å². The number of rotatable bonds is 5. The number of halogens is 3. The zero-order chi connectivity index (χ0) is 15.2. The molecule has 0 aromatic carbocycles. The van der Waals surface area contributed by atoms with Gasteiger partial charge in [0.1, 0.15) is 0 Å². The molecular formula is C12H22F3N3O2. The number of aliphatic hydroxyl groups excluding tert-OH is 1. The molecule has 0 aliphatic carbocycles. The lowest BCUT2D eigenvalue weighted by Gasteiger charge is -2.32. The number of nitrogens with zero attached hydrogens (tertiary/aromatic N) is 1. The number of hydrogen-bond acceptors (Lipinski definition) is 3. The number of carbonyl (C=O) groups is 1. The fourth-order valence-corrected chi connectivity index (χ4v) is 2.16. The molecule has 1 atom stereocenters. The quantitative estimate of drug-likeness (QED) is 0.707. The van der Waals surface area contributed by atoms with Gasteiger partial charge < -0.3 is 15.7 Å². The van der Waals surface area contributed by atoms with Gasteiger partial charge in [-0.25, -0.2) is 4.79 Å². The Bertz CT molecular complexity index is 305. The monoisotopic (exact) mass is 297 g/mol. The van der Waals surface area contributed by atoms with E-state index >= 15 is 0 Å². The van der Waals surface area contributed by atoms with E-state index in [2.05, 4.69) is 10.6 Å². The predicted molar refractivity (Wildman–Crippen MR) is 68.3 cm³/mol. The van der Waals surface area contributed by atoms with Crippen LogP contribution in [0.15, 0.2) is 0 Å². The summed E-state index contributed by atoms with van der Waals surface area (Å²) < 4.78 is 36.7. The number of hydrogen-bond donors (Lipinski definition) is 3. The molecule has 0 aromatic rings. The first-order valence-corrected chi connectivity index (χ1v) is 6.74. The van der Waals surface area contributed by atoms with E-state index in [1.54, 1.807) is 6.92 Å². The summed E-state index contributed by atoms with van der Waals surface area (Å²) in [4.78, 5) is 12.8. The van der Waals surface area contributed by atoms with Gasteiger partial charge in [0.15, 0.2) is 0 Å². The van der Waals surface area contributed by atoms with Gasteiger partial charge in [0.05, 0.1) is 19.2 Å². The first-order chi connectivity index (χ1) is 9.30. The molecular weight excluding hydrogens is 275 g/mol. The Morgan fingerprint density at radius 1 is 1.40 bits per heavy atom. The van der Waals surface area contributed by atoms with E-state index in [-0.39, 0.29) is 24.6 Å². The Kier molecular flexibility index (Phi) is 6.54. The third-order valence-electron chi connectivity index (χ3n) is 3.31. The Balaban J connectivity index is 2.18. The Hall–Kier alpha value is -1.02. The highest BCUT2D eigenvalue weighted by Gasteiger charge is 2.32. The van der Waals surface area contributed by atoms with Crippen LogP contribution in [0.3, 0.4) is 0 Å². The van der Waals surface area contributed by atoms with Crippen LogP contribution in [-0.2, 0) is 0 Å². The van der Waals surface area contributed by atoms with E-state index in [0.717, 1.165) is 0 Å². The summed E-state index contributed by atoms with van der Waals surface area (Å²) in [6.45, 7) is 1.94. The van der Waals surface area contributed by atoms with E-state index in [1.807, 2.05) is 0 Å². The molecule has 0 bridgehead atoms. The third kappa shape index (κ3) is 6.95. The number of likely N-dealkylation sites (tertiary alicyclic amines) is 1. The molecule has 1 rings (SSSR count). The molecule has 1 aliphatic rings. The summed E-state index contributed by atoms with van der Waals surface area (Å²) in [5.74, 6) is 0.203. The molecule has 1 saturated heterocycles. The molecule has 1 heterocycles. The molecule has 8 heteroatoms. The number of aliphatic hydroxyl groups is 1. The van der Waals surface area contributed by atoms with Crippen molar-refractivity contribution in [3.05, 3.63) is 0 Å². The van der Waals surface area contributed by atoms with Gasteiger partial charge in [-0.15, -0.1) is 0 Å². The molecule has 0 radical (unpaired) electrons. The van der Waals surface area contributed by atoms with Gasteiger partial charge in [-0.1, -0.05) is 0 Å². The molecule has 2 amide bonds. The fourth-order valence-electron chi connectivity index (χ4n) is 2.16. The number of carbonyl (C=O) groups excluding carboxylic acids is 1. The fraction of sp³-hybridized carbons (Fsp3) is 0.917. The molecule has 0 aromatic heterocycles. The summed E-state index contributed by atoms with van der Waals surface area (Å²) in [7, 11) is 0. The highest BCUT2D eigenvalue weighted by molar-refractivity contribution is 5.74. The number of piperidine rings is 1. The minimum absolute atomic E-state index is 0.136. The van der Waals surface area contributed by atoms with Crippen LogP contribution < -0.4 is 10.6 Å². The number of amides is 2. The molecule has 0 saturated carbocycles. The van der Waals surface area contributed by atoms with Crippen LogP contribution >= 0.6 is 0 Å². The van der Waals surface area contributed by atoms with Gasteiger partial charge in [-0.2, -0.15) is 13.2 Å². The Morgan fingerprint density at radius 2 is 2.00 bits per heavy atom. The Morgan fingerprint density at radius 3 is 2.50 bits per heavy atom. The van der Waals surface area contributed by atoms with Crippen LogP contribution in [0, 0.1) is 5.92 Å². The van der Waals surface area contributed by atoms with Gasteiger partial charge in [-0.3, -0.25) is 4.90 Å². The van der Waals surface area contributed by atoms with Gasteiger partial charge in [0.2, 0.25) is 0 Å². The minimum Gasteiger partial charge on any atom is -0.394 e. The summed E-state index contributed by atoms with van der Waals surface area (Å²) in [5, 5.41) is 14.0. The van der Waals surface area contributed by atoms with Crippen LogP contribution in [0.25, 0.3) is 0 Å². The zero-order valence-electron chi connectivity index (χ0n) is 11.5. The van der Waals surface area contributed by atoms with Crippen molar-refractivity contribution < 1.29 is 23.1 Å². The van der Waals surface area contributed by atoms with Crippen molar-refractivity contribution in [1.82, 2.24) is 15.5 Å². The van der Waals surface area contributed by atoms with Crippen molar-refractivity contribution in [2.75, 3.05) is 32.8 Å². The largest absolute Gasteiger partial charge is 0.401 e. The molecule has 1 fully saturated rings. The number of alkyl halides is 3. The topological polar surface area (TPSA) is 64.6 Å². The van der Waals surface area contributed by atoms with Crippen molar-refractivity contribution >= 4 is 6.03 Å². The molecule has 5 nitrogen and oxygen atoms in total. The standard InChI is InChI=1S/C12H22F3N3O2/c1-9(7-19)17-11(20)16-6-10-2-4-18(5-3-10)8-12(13,14)15/h9-10,19H,2-8H2,1H3,(H2,16,17,20)/t9-/m0/s1. The maximum absolute atomic E-state index is 12.2. The third-order valence-corrected chi connectivity index (χ3v) is 3.31. The van der Waals surface area contributed by atoms with Gasteiger partial charge in [-0.05, 0) is 38.8 Å². The van der Waals surface area contributed by atoms with E-state index in [4.69, 9.17) is 5.11 Å². The average Bonchev–Trinajstić information content (AvgIpc) is 2.36. The lowest BCUT2D eigenvalue weighted by Crippen LogP contribution is -2.46. The smallest absolute Gasteiger partial charge is 0.394 e. The first-order valence-electron chi connectivity index (χ1n) is 6.74. The Labute approximate surface area is 116 Å². The molecule has 0 spiro atoms. The van der Waals surface area contributed by atoms with Crippen LogP contribution in [0.2, 0.25) is 0 Å². The van der Waals surface area contributed by atoms with E-state index in [1.165, 1.54) is 4.90 Å². The lowest BCUT2D eigenvalue weighted by atomic mass is 9.97. The van der Waals surface area contributed by atoms with E-state index in [9.17, 15) is 18.0 Å².